The van der Waals surface area contributed by atoms with Crippen LogP contribution in [0.3, 0.4) is 0 Å². The van der Waals surface area contributed by atoms with Gasteiger partial charge in [0.1, 0.15) is 0 Å². The molecule has 26 heavy (non-hydrogen) atoms. The lowest BCUT2D eigenvalue weighted by molar-refractivity contribution is -0.111. The van der Waals surface area contributed by atoms with Crippen LogP contribution in [0.25, 0.3) is 17.3 Å². The zero-order valence-electron chi connectivity index (χ0n) is 13.6. The Morgan fingerprint density at radius 3 is 2.62 bits per heavy atom. The van der Waals surface area contributed by atoms with Crippen molar-refractivity contribution in [1.82, 2.24) is 4.98 Å². The molecule has 1 aromatic heterocycles. The van der Waals surface area contributed by atoms with Crippen LogP contribution in [0.1, 0.15) is 10.4 Å². The Kier molecular flexibility index (Phi) is 5.99. The molecule has 0 aliphatic heterocycles. The lowest BCUT2D eigenvalue weighted by Gasteiger charge is -2.00. The molecule has 3 rings (SSSR count). The molecule has 3 aromatic rings. The van der Waals surface area contributed by atoms with Gasteiger partial charge >= 0.3 is 0 Å². The molecule has 0 fully saturated rings. The second kappa shape index (κ2) is 8.23. The van der Waals surface area contributed by atoms with Gasteiger partial charge in [0, 0.05) is 31.6 Å². The Balaban J connectivity index is 1.74. The fraction of sp³-hybridized carbons (Fsp3) is 0.0526. The quantitative estimate of drug-likeness (QED) is 0.473. The second-order valence-electron chi connectivity index (χ2n) is 5.42. The minimum Gasteiger partial charge on any atom is -0.298 e. The summed E-state index contributed by atoms with van der Waals surface area (Å²) in [6, 6.07) is 12.5. The number of rotatable bonds is 4. The highest BCUT2D eigenvalue weighted by Gasteiger charge is 2.11. The Bertz CT molecular complexity index is 998. The van der Waals surface area contributed by atoms with Gasteiger partial charge in [0.25, 0.3) is 0 Å². The summed E-state index contributed by atoms with van der Waals surface area (Å²) in [6.45, 7) is 1.95. The summed E-state index contributed by atoms with van der Waals surface area (Å²) >= 11 is 19.4. The number of nitrogens with one attached hydrogen (secondary N) is 1. The van der Waals surface area contributed by atoms with Crippen molar-refractivity contribution >= 4 is 63.3 Å². The van der Waals surface area contributed by atoms with Crippen LogP contribution in [0.5, 0.6) is 0 Å². The van der Waals surface area contributed by atoms with Gasteiger partial charge in [0.05, 0.1) is 5.69 Å². The van der Waals surface area contributed by atoms with E-state index >= 15 is 0 Å². The molecule has 0 saturated heterocycles. The van der Waals surface area contributed by atoms with Crippen LogP contribution in [0.4, 0.5) is 5.13 Å². The van der Waals surface area contributed by atoms with Gasteiger partial charge in [-0.05, 0) is 42.8 Å². The number of benzene rings is 2. The number of aryl methyl sites for hydroxylation is 1. The third-order valence-corrected chi connectivity index (χ3v) is 5.19. The van der Waals surface area contributed by atoms with E-state index in [1.807, 2.05) is 31.2 Å². The van der Waals surface area contributed by atoms with Crippen LogP contribution in [0, 0.1) is 6.92 Å². The summed E-state index contributed by atoms with van der Waals surface area (Å²) in [5.41, 5.74) is 2.42. The van der Waals surface area contributed by atoms with E-state index in [0.717, 1.165) is 16.1 Å². The van der Waals surface area contributed by atoms with E-state index < -0.39 is 0 Å². The molecule has 1 heterocycles. The van der Waals surface area contributed by atoms with Gasteiger partial charge in [-0.2, -0.15) is 0 Å². The molecule has 0 aliphatic carbocycles. The Morgan fingerprint density at radius 1 is 1.12 bits per heavy atom. The third-order valence-electron chi connectivity index (χ3n) is 3.50. The summed E-state index contributed by atoms with van der Waals surface area (Å²) < 4.78 is 0. The van der Waals surface area contributed by atoms with Crippen molar-refractivity contribution in [2.24, 2.45) is 0 Å². The van der Waals surface area contributed by atoms with Gasteiger partial charge in [0.15, 0.2) is 5.13 Å². The molecular weight excluding hydrogens is 411 g/mol. The fourth-order valence-corrected chi connectivity index (χ4v) is 3.80. The summed E-state index contributed by atoms with van der Waals surface area (Å²) in [5, 5.41) is 4.96. The van der Waals surface area contributed by atoms with Crippen molar-refractivity contribution in [2.75, 3.05) is 5.32 Å². The topological polar surface area (TPSA) is 42.0 Å². The lowest BCUT2D eigenvalue weighted by Crippen LogP contribution is -2.07. The van der Waals surface area contributed by atoms with Crippen LogP contribution >= 0.6 is 46.1 Å². The number of carbonyl (C=O) groups is 1. The Labute approximate surface area is 170 Å². The standard InChI is InChI=1S/C19H13Cl3N2OS/c1-11-18(13-3-2-4-14(20)9-13)24-19(26-11)23-17(25)8-6-12-5-7-15(21)10-16(12)22/h2-10H,1H3,(H,23,24,25). The van der Waals surface area contributed by atoms with Crippen molar-refractivity contribution in [2.45, 2.75) is 6.92 Å². The van der Waals surface area contributed by atoms with Gasteiger partial charge < -0.3 is 0 Å². The van der Waals surface area contributed by atoms with Crippen molar-refractivity contribution in [3.63, 3.8) is 0 Å². The van der Waals surface area contributed by atoms with Crippen molar-refractivity contribution < 1.29 is 4.79 Å². The molecule has 7 heteroatoms. The second-order valence-corrected chi connectivity index (χ2v) is 7.91. The number of nitrogens with zero attached hydrogens (tertiary/aromatic N) is 1. The SMILES string of the molecule is Cc1sc(NC(=O)C=Cc2ccc(Cl)cc2Cl)nc1-c1cccc(Cl)c1. The molecule has 2 aromatic carbocycles. The predicted molar refractivity (Wildman–Crippen MR) is 111 cm³/mol. The minimum atomic E-state index is -0.289. The van der Waals surface area contributed by atoms with E-state index in [2.05, 4.69) is 10.3 Å². The van der Waals surface area contributed by atoms with Crippen LogP contribution < -0.4 is 5.32 Å². The van der Waals surface area contributed by atoms with E-state index in [9.17, 15) is 4.79 Å². The lowest BCUT2D eigenvalue weighted by atomic mass is 10.1. The average Bonchev–Trinajstić information content (AvgIpc) is 2.94. The van der Waals surface area contributed by atoms with Crippen LogP contribution in [0.15, 0.2) is 48.5 Å². The normalized spacial score (nSPS) is 11.1. The van der Waals surface area contributed by atoms with Crippen LogP contribution in [0.2, 0.25) is 15.1 Å². The molecule has 0 aliphatic rings. The number of aromatic nitrogens is 1. The number of hydrogen-bond acceptors (Lipinski definition) is 3. The molecule has 0 bridgehead atoms. The summed E-state index contributed by atoms with van der Waals surface area (Å²) in [4.78, 5) is 17.6. The van der Waals surface area contributed by atoms with E-state index in [-0.39, 0.29) is 5.91 Å². The van der Waals surface area contributed by atoms with E-state index in [1.165, 1.54) is 17.4 Å². The van der Waals surface area contributed by atoms with Gasteiger partial charge in [-0.1, -0.05) is 53.0 Å². The molecular formula is C19H13Cl3N2OS. The van der Waals surface area contributed by atoms with E-state index in [4.69, 9.17) is 34.8 Å². The largest absolute Gasteiger partial charge is 0.298 e. The molecule has 1 N–H and O–H groups in total. The zero-order chi connectivity index (χ0) is 18.7. The number of anilines is 1. The fourth-order valence-electron chi connectivity index (χ4n) is 2.30. The maximum Gasteiger partial charge on any atom is 0.250 e. The van der Waals surface area contributed by atoms with Crippen molar-refractivity contribution in [1.29, 1.82) is 0 Å². The number of amides is 1. The number of hydrogen-bond donors (Lipinski definition) is 1. The van der Waals surface area contributed by atoms with Crippen molar-refractivity contribution in [3.8, 4) is 11.3 Å². The molecule has 0 unspecified atom stereocenters. The summed E-state index contributed by atoms with van der Waals surface area (Å²) in [5.74, 6) is -0.289. The van der Waals surface area contributed by atoms with Gasteiger partial charge in [0.2, 0.25) is 5.91 Å². The van der Waals surface area contributed by atoms with Crippen LogP contribution in [-0.2, 0) is 4.79 Å². The number of carbonyl (C=O) groups excluding carboxylic acids is 1. The highest BCUT2D eigenvalue weighted by Crippen LogP contribution is 2.31. The minimum absolute atomic E-state index is 0.289. The molecule has 3 nitrogen and oxygen atoms in total. The molecule has 0 saturated carbocycles. The molecule has 0 spiro atoms. The monoisotopic (exact) mass is 422 g/mol. The van der Waals surface area contributed by atoms with Crippen molar-refractivity contribution in [3.05, 3.63) is 74.0 Å². The van der Waals surface area contributed by atoms with Gasteiger partial charge in [-0.15, -0.1) is 11.3 Å². The average molecular weight is 424 g/mol. The maximum atomic E-state index is 12.2. The number of halogens is 3. The highest BCUT2D eigenvalue weighted by atomic mass is 35.5. The molecule has 1 amide bonds. The first kappa shape index (κ1) is 18.9. The molecule has 0 atom stereocenters. The zero-order valence-corrected chi connectivity index (χ0v) is 16.7. The molecule has 132 valence electrons. The first-order chi connectivity index (χ1) is 12.4. The van der Waals surface area contributed by atoms with Crippen LogP contribution in [-0.4, -0.2) is 10.9 Å². The van der Waals surface area contributed by atoms with Gasteiger partial charge in [-0.3, -0.25) is 10.1 Å². The predicted octanol–water partition coefficient (Wildman–Crippen LogP) is 6.73. The Hall–Kier alpha value is -1.85. The van der Waals surface area contributed by atoms with Gasteiger partial charge in [-0.25, -0.2) is 4.98 Å². The maximum absolute atomic E-state index is 12.2. The number of thiazole rings is 1. The van der Waals surface area contributed by atoms with E-state index in [1.54, 1.807) is 24.3 Å². The van der Waals surface area contributed by atoms with E-state index in [0.29, 0.717) is 25.8 Å². The molecule has 0 radical (unpaired) electrons. The first-order valence-corrected chi connectivity index (χ1v) is 9.55. The third kappa shape index (κ3) is 4.65. The Morgan fingerprint density at radius 2 is 1.88 bits per heavy atom. The smallest absolute Gasteiger partial charge is 0.250 e. The summed E-state index contributed by atoms with van der Waals surface area (Å²) in [6.07, 6.45) is 3.04. The first-order valence-electron chi connectivity index (χ1n) is 7.60. The highest BCUT2D eigenvalue weighted by molar-refractivity contribution is 7.16. The summed E-state index contributed by atoms with van der Waals surface area (Å²) in [7, 11) is 0.